The number of hydrogen-bond donors (Lipinski definition) is 0. The maximum atomic E-state index is 13.3. The summed E-state index contributed by atoms with van der Waals surface area (Å²) in [6, 6.07) is -2.24. The fourth-order valence-electron chi connectivity index (χ4n) is 3.24. The van der Waals surface area contributed by atoms with Gasteiger partial charge in [-0.2, -0.15) is 0 Å². The first kappa shape index (κ1) is 14.4. The molecule has 1 unspecified atom stereocenters. The molecule has 0 spiro atoms. The number of rotatable bonds is 12. The zero-order chi connectivity index (χ0) is 34.5. The second kappa shape index (κ2) is 13.0. The van der Waals surface area contributed by atoms with Crippen molar-refractivity contribution in [3.8, 4) is 0 Å². The van der Waals surface area contributed by atoms with Crippen molar-refractivity contribution in [2.75, 3.05) is 62.6 Å². The topological polar surface area (TPSA) is 128 Å². The van der Waals surface area contributed by atoms with E-state index in [1.54, 1.807) is 0 Å². The molecular formula is C20H35NO11. The zero-order valence-electron chi connectivity index (χ0n) is 29.9. The van der Waals surface area contributed by atoms with E-state index in [2.05, 4.69) is 4.74 Å². The van der Waals surface area contributed by atoms with Crippen LogP contribution in [0.4, 0.5) is 0 Å². The van der Waals surface area contributed by atoms with E-state index in [1.807, 2.05) is 0 Å². The number of nitrogens with zero attached hydrogens (tertiary/aromatic N) is 1. The molecule has 1 rings (SSSR count). The second-order valence-electron chi connectivity index (χ2n) is 6.62. The van der Waals surface area contributed by atoms with Gasteiger partial charge in [-0.3, -0.25) is 9.59 Å². The minimum Gasteiger partial charge on any atom is -0.465 e. The number of methoxy groups -OCH3 is 6. The molecule has 1 aliphatic rings. The first-order valence-corrected chi connectivity index (χ1v) is 9.10. The van der Waals surface area contributed by atoms with Crippen LogP contribution in [0.1, 0.15) is 29.8 Å². The molecule has 0 aliphatic carbocycles. The highest BCUT2D eigenvalue weighted by Crippen LogP contribution is 2.37. The van der Waals surface area contributed by atoms with Gasteiger partial charge in [0.25, 0.3) is 11.7 Å². The Morgan fingerprint density at radius 3 is 2.47 bits per heavy atom. The van der Waals surface area contributed by atoms with Crippen molar-refractivity contribution in [3.63, 3.8) is 0 Å². The van der Waals surface area contributed by atoms with E-state index in [0.29, 0.717) is 0 Å². The number of ether oxygens (including phenoxy) is 8. The lowest BCUT2D eigenvalue weighted by Crippen LogP contribution is -2.69. The number of hydrogen-bond acceptors (Lipinski definition) is 11. The lowest BCUT2D eigenvalue weighted by Gasteiger charge is -2.50. The Hall–Kier alpha value is -1.83. The normalized spacial score (nSPS) is 34.4. The Labute approximate surface area is 205 Å². The van der Waals surface area contributed by atoms with E-state index in [4.69, 9.17) is 49.6 Å². The van der Waals surface area contributed by atoms with E-state index >= 15 is 0 Å². The lowest BCUT2D eigenvalue weighted by atomic mass is 9.87. The summed E-state index contributed by atoms with van der Waals surface area (Å²) in [5.41, 5.74) is 0. The monoisotopic (exact) mass is 477 g/mol. The first-order valence-electron chi connectivity index (χ1n) is 15.1. The average molecular weight is 478 g/mol. The number of amides is 1. The quantitative estimate of drug-likeness (QED) is 0.333. The summed E-state index contributed by atoms with van der Waals surface area (Å²) < 4.78 is 134. The van der Waals surface area contributed by atoms with Crippen molar-refractivity contribution in [1.29, 1.82) is 0 Å². The maximum absolute atomic E-state index is 13.3. The molecule has 1 aliphatic heterocycles. The highest BCUT2D eigenvalue weighted by Gasteiger charge is 2.58. The molecule has 12 nitrogen and oxygen atoms in total. The van der Waals surface area contributed by atoms with Gasteiger partial charge in [0.1, 0.15) is 18.3 Å². The molecule has 0 aromatic heterocycles. The molecule has 6 atom stereocenters. The van der Waals surface area contributed by atoms with Gasteiger partial charge in [0, 0.05) is 59.8 Å². The van der Waals surface area contributed by atoms with Crippen LogP contribution in [-0.2, 0) is 52.3 Å². The molecular weight excluding hydrogens is 430 g/mol. The first-order chi connectivity index (χ1) is 19.8. The molecule has 0 aromatic carbocycles. The van der Waals surface area contributed by atoms with Crippen molar-refractivity contribution in [2.45, 2.75) is 49.6 Å². The van der Waals surface area contributed by atoms with Crippen LogP contribution in [0.15, 0.2) is 0 Å². The predicted octanol–water partition coefficient (Wildman–Crippen LogP) is -0.627. The van der Waals surface area contributed by atoms with E-state index in [0.717, 1.165) is 28.3 Å². The minimum absolute atomic E-state index is 0.0168. The van der Waals surface area contributed by atoms with Gasteiger partial charge in [0.15, 0.2) is 6.61 Å². The van der Waals surface area contributed by atoms with Crippen LogP contribution < -0.4 is 0 Å². The van der Waals surface area contributed by atoms with Crippen molar-refractivity contribution in [2.24, 2.45) is 0 Å². The summed E-state index contributed by atoms with van der Waals surface area (Å²) in [5, 5.41) is 0. The van der Waals surface area contributed by atoms with Gasteiger partial charge < -0.3 is 42.8 Å². The maximum Gasteiger partial charge on any atom is 0.366 e. The van der Waals surface area contributed by atoms with Crippen LogP contribution in [0.2, 0.25) is 0 Å². The SMILES string of the molecule is [2H]C([2H])([2H])O[C@H]([C@@H]1OC(OC)(C(=O)OC)C[C@H](OC([2H])([2H])[2H])[C@H]1N(C(=O)COC(C)=O)C([2H])([2H])[2H])[C@@H](COC)OC([2H])([2H])[2H]. The fourth-order valence-corrected chi connectivity index (χ4v) is 3.24. The molecule has 1 saturated heterocycles. The van der Waals surface area contributed by atoms with Gasteiger partial charge in [-0.15, -0.1) is 0 Å². The molecule has 0 saturated carbocycles. The Morgan fingerprint density at radius 1 is 1.19 bits per heavy atom. The molecule has 0 N–H and O–H groups in total. The Bertz CT molecular complexity index is 988. The molecule has 1 heterocycles. The van der Waals surface area contributed by atoms with Crippen LogP contribution >= 0.6 is 0 Å². The Morgan fingerprint density at radius 2 is 1.94 bits per heavy atom. The van der Waals surface area contributed by atoms with Gasteiger partial charge in [-0.05, 0) is 0 Å². The predicted molar refractivity (Wildman–Crippen MR) is 109 cm³/mol. The highest BCUT2D eigenvalue weighted by atomic mass is 16.7. The van der Waals surface area contributed by atoms with Crippen LogP contribution in [-0.4, -0.2) is 122 Å². The van der Waals surface area contributed by atoms with Gasteiger partial charge in [-0.25, -0.2) is 4.79 Å². The van der Waals surface area contributed by atoms with Crippen molar-refractivity contribution in [3.05, 3.63) is 0 Å². The summed E-state index contributed by atoms with van der Waals surface area (Å²) >= 11 is 0. The number of carbonyl (C=O) groups excluding carboxylic acids is 3. The van der Waals surface area contributed by atoms with E-state index in [1.165, 1.54) is 0 Å². The van der Waals surface area contributed by atoms with Crippen molar-refractivity contribution < 1.29 is 68.7 Å². The second-order valence-corrected chi connectivity index (χ2v) is 6.62. The molecule has 32 heavy (non-hydrogen) atoms. The summed E-state index contributed by atoms with van der Waals surface area (Å²) in [4.78, 5) is 37.7. The Balaban J connectivity index is 4.21. The van der Waals surface area contributed by atoms with Gasteiger partial charge >= 0.3 is 11.9 Å². The van der Waals surface area contributed by atoms with E-state index in [-0.39, 0.29) is 4.90 Å². The molecule has 0 aromatic rings. The van der Waals surface area contributed by atoms with Gasteiger partial charge in [-0.1, -0.05) is 0 Å². The summed E-state index contributed by atoms with van der Waals surface area (Å²) in [6.45, 7) is -4.58. The van der Waals surface area contributed by atoms with Crippen LogP contribution in [0, 0.1) is 0 Å². The average Bonchev–Trinajstić information content (AvgIpc) is 2.83. The minimum atomic E-state index is -3.52. The third-order valence-corrected chi connectivity index (χ3v) is 4.77. The molecule has 1 fully saturated rings. The van der Waals surface area contributed by atoms with E-state index in [9.17, 15) is 14.4 Å². The smallest absolute Gasteiger partial charge is 0.366 e. The highest BCUT2D eigenvalue weighted by molar-refractivity contribution is 5.81. The van der Waals surface area contributed by atoms with Gasteiger partial charge in [0.05, 0.1) is 38.2 Å². The Kier molecular flexibility index (Phi) is 5.87. The lowest BCUT2D eigenvalue weighted by molar-refractivity contribution is -0.316. The van der Waals surface area contributed by atoms with Gasteiger partial charge in [0.2, 0.25) is 0 Å². The summed E-state index contributed by atoms with van der Waals surface area (Å²) in [5.74, 6) is -6.50. The van der Waals surface area contributed by atoms with Crippen molar-refractivity contribution in [1.82, 2.24) is 4.90 Å². The molecule has 12 heteroatoms. The molecule has 186 valence electrons. The fraction of sp³-hybridized carbons (Fsp3) is 0.850. The van der Waals surface area contributed by atoms with Crippen LogP contribution in [0.5, 0.6) is 0 Å². The largest absolute Gasteiger partial charge is 0.465 e. The summed E-state index contributed by atoms with van der Waals surface area (Å²) in [7, 11) is -7.21. The summed E-state index contributed by atoms with van der Waals surface area (Å²) in [6.07, 6.45) is -9.67. The standard InChI is InChI=1S/C20H35NO11/c1-12(22)31-11-15(23)21(2)16-13(26-4)9-20(30-8,19(24)29-7)32-18(16)17(28-6)14(27-5)10-25-3/h13-14,16-18H,9-11H2,1-8H3/t13-,14+,16+,17-,18+,20?/m0/s1/i2D3,4D3,5D3,6D3. The van der Waals surface area contributed by atoms with E-state index < -0.39 is 102 Å². The van der Waals surface area contributed by atoms with Crippen molar-refractivity contribution >= 4 is 17.8 Å². The molecule has 1 amide bonds. The number of likely N-dealkylation sites (N-methyl/N-ethyl adjacent to an activating group) is 1. The third kappa shape index (κ3) is 6.36. The van der Waals surface area contributed by atoms with Crippen LogP contribution in [0.3, 0.4) is 0 Å². The zero-order valence-corrected chi connectivity index (χ0v) is 17.9. The molecule has 0 bridgehead atoms. The number of carbonyl (C=O) groups is 3. The molecule has 0 radical (unpaired) electrons. The number of esters is 2. The van der Waals surface area contributed by atoms with Crippen LogP contribution in [0.25, 0.3) is 0 Å². The third-order valence-electron chi connectivity index (χ3n) is 4.77.